The molecule has 0 heterocycles. The van der Waals surface area contributed by atoms with Gasteiger partial charge in [-0.3, -0.25) is 0 Å². The first kappa shape index (κ1) is 13.7. The van der Waals surface area contributed by atoms with Crippen LogP contribution in [-0.4, -0.2) is 7.11 Å². The van der Waals surface area contributed by atoms with Gasteiger partial charge in [-0.15, -0.1) is 0 Å². The highest BCUT2D eigenvalue weighted by molar-refractivity contribution is 5.43. The Hall–Kier alpha value is -1.76. The van der Waals surface area contributed by atoms with Gasteiger partial charge < -0.3 is 4.74 Å². The molecule has 1 nitrogen and oxygen atoms in total. The second-order valence-corrected chi connectivity index (χ2v) is 5.16. The molecule has 0 unspecified atom stereocenters. The highest BCUT2D eigenvalue weighted by atomic mass is 16.5. The minimum absolute atomic E-state index is 0.983. The molecule has 0 atom stereocenters. The van der Waals surface area contributed by atoms with Crippen LogP contribution in [0.25, 0.3) is 0 Å². The van der Waals surface area contributed by atoms with Gasteiger partial charge in [0, 0.05) is 0 Å². The number of hydrogen-bond acceptors (Lipinski definition) is 1. The molecule has 2 rings (SSSR count). The van der Waals surface area contributed by atoms with Crippen molar-refractivity contribution in [3.8, 4) is 5.75 Å². The Labute approximate surface area is 116 Å². The van der Waals surface area contributed by atoms with E-state index in [4.69, 9.17) is 4.74 Å². The molecule has 0 amide bonds. The van der Waals surface area contributed by atoms with Crippen LogP contribution >= 0.6 is 0 Å². The minimum atomic E-state index is 0.983. The second-order valence-electron chi connectivity index (χ2n) is 5.16. The normalized spacial score (nSPS) is 10.5. The van der Waals surface area contributed by atoms with Crippen molar-refractivity contribution in [3.05, 3.63) is 64.2 Å². The van der Waals surface area contributed by atoms with Crippen LogP contribution in [0.3, 0.4) is 0 Å². The SMILES string of the molecule is COc1ccc(CCc2ccc(C)cc2)c(C)c1C. The van der Waals surface area contributed by atoms with Crippen LogP contribution in [0.4, 0.5) is 0 Å². The molecule has 0 spiro atoms. The summed E-state index contributed by atoms with van der Waals surface area (Å²) in [4.78, 5) is 0. The van der Waals surface area contributed by atoms with Crippen LogP contribution in [0.1, 0.15) is 27.8 Å². The molecule has 0 aliphatic rings. The number of methoxy groups -OCH3 is 1. The molecule has 2 aromatic carbocycles. The maximum absolute atomic E-state index is 5.36. The molecule has 0 fully saturated rings. The molecule has 100 valence electrons. The number of benzene rings is 2. The van der Waals surface area contributed by atoms with Crippen LogP contribution in [-0.2, 0) is 12.8 Å². The van der Waals surface area contributed by atoms with Crippen LogP contribution in [0, 0.1) is 20.8 Å². The van der Waals surface area contributed by atoms with Gasteiger partial charge in [0.2, 0.25) is 0 Å². The lowest BCUT2D eigenvalue weighted by atomic mass is 9.96. The zero-order valence-corrected chi connectivity index (χ0v) is 12.3. The Balaban J connectivity index is 2.11. The molecule has 0 N–H and O–H groups in total. The first-order valence-corrected chi connectivity index (χ1v) is 6.80. The van der Waals surface area contributed by atoms with E-state index in [1.807, 2.05) is 0 Å². The molecule has 0 radical (unpaired) electrons. The van der Waals surface area contributed by atoms with Crippen molar-refractivity contribution in [2.75, 3.05) is 7.11 Å². The Morgan fingerprint density at radius 2 is 1.47 bits per heavy atom. The van der Waals surface area contributed by atoms with Gasteiger partial charge >= 0.3 is 0 Å². The first-order valence-electron chi connectivity index (χ1n) is 6.80. The lowest BCUT2D eigenvalue weighted by Crippen LogP contribution is -1.98. The van der Waals surface area contributed by atoms with Gasteiger partial charge in [-0.05, 0) is 61.9 Å². The van der Waals surface area contributed by atoms with Gasteiger partial charge in [0.15, 0.2) is 0 Å². The first-order chi connectivity index (χ1) is 9.11. The summed E-state index contributed by atoms with van der Waals surface area (Å²) in [6.45, 7) is 6.44. The predicted molar refractivity (Wildman–Crippen MR) is 81.1 cm³/mol. The van der Waals surface area contributed by atoms with E-state index in [1.165, 1.54) is 27.8 Å². The van der Waals surface area contributed by atoms with Gasteiger partial charge in [0.05, 0.1) is 7.11 Å². The number of aryl methyl sites for hydroxylation is 3. The fourth-order valence-corrected chi connectivity index (χ4v) is 2.38. The van der Waals surface area contributed by atoms with Gasteiger partial charge in [-0.25, -0.2) is 0 Å². The van der Waals surface area contributed by atoms with Crippen molar-refractivity contribution >= 4 is 0 Å². The smallest absolute Gasteiger partial charge is 0.122 e. The number of rotatable bonds is 4. The Morgan fingerprint density at radius 1 is 0.789 bits per heavy atom. The highest BCUT2D eigenvalue weighted by Crippen LogP contribution is 2.24. The van der Waals surface area contributed by atoms with Crippen LogP contribution in [0.15, 0.2) is 36.4 Å². The monoisotopic (exact) mass is 254 g/mol. The molecule has 0 aliphatic heterocycles. The van der Waals surface area contributed by atoms with Gasteiger partial charge in [0.25, 0.3) is 0 Å². The van der Waals surface area contributed by atoms with Crippen molar-refractivity contribution in [1.29, 1.82) is 0 Å². The Bertz CT molecular complexity index is 553. The summed E-state index contributed by atoms with van der Waals surface area (Å²) in [5.74, 6) is 0.983. The quantitative estimate of drug-likeness (QED) is 0.785. The van der Waals surface area contributed by atoms with Crippen LogP contribution in [0.2, 0.25) is 0 Å². The fraction of sp³-hybridized carbons (Fsp3) is 0.333. The van der Waals surface area contributed by atoms with Crippen molar-refractivity contribution in [2.45, 2.75) is 33.6 Å². The maximum atomic E-state index is 5.36. The highest BCUT2D eigenvalue weighted by Gasteiger charge is 2.06. The van der Waals surface area contributed by atoms with E-state index in [0.717, 1.165) is 18.6 Å². The average Bonchev–Trinajstić information content (AvgIpc) is 2.42. The van der Waals surface area contributed by atoms with Crippen molar-refractivity contribution < 1.29 is 4.74 Å². The molecular formula is C18H22O. The van der Waals surface area contributed by atoms with Crippen LogP contribution in [0.5, 0.6) is 5.75 Å². The molecule has 0 aromatic heterocycles. The van der Waals surface area contributed by atoms with E-state index in [9.17, 15) is 0 Å². The summed E-state index contributed by atoms with van der Waals surface area (Å²) in [7, 11) is 1.73. The average molecular weight is 254 g/mol. The summed E-state index contributed by atoms with van der Waals surface area (Å²) in [5.41, 5.74) is 6.74. The Morgan fingerprint density at radius 3 is 2.11 bits per heavy atom. The second kappa shape index (κ2) is 5.92. The van der Waals surface area contributed by atoms with E-state index in [1.54, 1.807) is 7.11 Å². The van der Waals surface area contributed by atoms with E-state index >= 15 is 0 Å². The number of hydrogen-bond donors (Lipinski definition) is 0. The third-order valence-electron chi connectivity index (χ3n) is 3.87. The molecule has 0 saturated carbocycles. The van der Waals surface area contributed by atoms with E-state index in [0.29, 0.717) is 0 Å². The molecule has 19 heavy (non-hydrogen) atoms. The summed E-state index contributed by atoms with van der Waals surface area (Å²) >= 11 is 0. The van der Waals surface area contributed by atoms with Crippen LogP contribution < -0.4 is 4.74 Å². The Kier molecular flexibility index (Phi) is 4.26. The van der Waals surface area contributed by atoms with E-state index in [-0.39, 0.29) is 0 Å². The van der Waals surface area contributed by atoms with E-state index < -0.39 is 0 Å². The standard InChI is InChI=1S/C18H22O/c1-13-5-7-16(8-6-13)9-10-17-11-12-18(19-4)15(3)14(17)2/h5-8,11-12H,9-10H2,1-4H3. The summed E-state index contributed by atoms with van der Waals surface area (Å²) in [6.07, 6.45) is 2.17. The lowest BCUT2D eigenvalue weighted by Gasteiger charge is -2.12. The molecule has 2 aromatic rings. The topological polar surface area (TPSA) is 9.23 Å². The zero-order chi connectivity index (χ0) is 13.8. The predicted octanol–water partition coefficient (Wildman–Crippen LogP) is 4.41. The van der Waals surface area contributed by atoms with Crippen molar-refractivity contribution in [3.63, 3.8) is 0 Å². The maximum Gasteiger partial charge on any atom is 0.122 e. The molecule has 0 saturated heterocycles. The van der Waals surface area contributed by atoms with Crippen molar-refractivity contribution in [2.24, 2.45) is 0 Å². The largest absolute Gasteiger partial charge is 0.496 e. The number of ether oxygens (including phenoxy) is 1. The van der Waals surface area contributed by atoms with Crippen molar-refractivity contribution in [1.82, 2.24) is 0 Å². The third-order valence-corrected chi connectivity index (χ3v) is 3.87. The van der Waals surface area contributed by atoms with E-state index in [2.05, 4.69) is 57.2 Å². The van der Waals surface area contributed by atoms with Gasteiger partial charge in [0.1, 0.15) is 5.75 Å². The third kappa shape index (κ3) is 3.17. The summed E-state index contributed by atoms with van der Waals surface area (Å²) in [6, 6.07) is 13.1. The molecule has 0 bridgehead atoms. The minimum Gasteiger partial charge on any atom is -0.496 e. The van der Waals surface area contributed by atoms with Gasteiger partial charge in [-0.2, -0.15) is 0 Å². The molecule has 0 aliphatic carbocycles. The molecular weight excluding hydrogens is 232 g/mol. The van der Waals surface area contributed by atoms with Gasteiger partial charge in [-0.1, -0.05) is 35.9 Å². The fourth-order valence-electron chi connectivity index (χ4n) is 2.38. The summed E-state index contributed by atoms with van der Waals surface area (Å²) < 4.78 is 5.36. The summed E-state index contributed by atoms with van der Waals surface area (Å²) in [5, 5.41) is 0. The zero-order valence-electron chi connectivity index (χ0n) is 12.3. The lowest BCUT2D eigenvalue weighted by molar-refractivity contribution is 0.411. The molecule has 1 heteroatoms.